The molecular weight excluding hydrogens is 303 g/mol. The van der Waals surface area contributed by atoms with Crippen molar-refractivity contribution in [3.8, 4) is 11.4 Å². The summed E-state index contributed by atoms with van der Waals surface area (Å²) in [5, 5.41) is 6.92. The van der Waals surface area contributed by atoms with Crippen LogP contribution < -0.4 is 0 Å². The van der Waals surface area contributed by atoms with E-state index in [4.69, 9.17) is 0 Å². The van der Waals surface area contributed by atoms with E-state index in [9.17, 15) is 9.18 Å². The number of nitrogens with zero attached hydrogens (tertiary/aromatic N) is 3. The molecule has 0 fully saturated rings. The third-order valence-electron chi connectivity index (χ3n) is 3.30. The zero-order chi connectivity index (χ0) is 16.1. The number of H-pyrrole nitrogens is 1. The molecule has 0 radical (unpaired) electrons. The Hall–Kier alpha value is -1.89. The standard InChI is InChI=1S/C15H19FN4OS/c1-4-20(5-2)14(21)10(3)22-15-17-13(18-19-15)11-8-6-7-9-12(11)16/h6-10H,4-5H2,1-3H3,(H,17,18,19). The number of carbonyl (C=O) groups excluding carboxylic acids is 1. The lowest BCUT2D eigenvalue weighted by molar-refractivity contribution is -0.129. The molecule has 0 spiro atoms. The molecule has 0 aliphatic carbocycles. The Kier molecular flexibility index (Phi) is 5.54. The Morgan fingerprint density at radius 1 is 1.36 bits per heavy atom. The van der Waals surface area contributed by atoms with Gasteiger partial charge in [0.25, 0.3) is 0 Å². The van der Waals surface area contributed by atoms with Gasteiger partial charge in [-0.1, -0.05) is 23.9 Å². The highest BCUT2D eigenvalue weighted by Gasteiger charge is 2.21. The van der Waals surface area contributed by atoms with E-state index in [1.807, 2.05) is 20.8 Å². The van der Waals surface area contributed by atoms with Gasteiger partial charge in [-0.25, -0.2) is 9.37 Å². The van der Waals surface area contributed by atoms with Crippen LogP contribution in [0.25, 0.3) is 11.4 Å². The van der Waals surface area contributed by atoms with E-state index in [-0.39, 0.29) is 17.0 Å². The Morgan fingerprint density at radius 3 is 2.68 bits per heavy atom. The molecule has 1 aromatic carbocycles. The molecule has 2 rings (SSSR count). The van der Waals surface area contributed by atoms with Crippen molar-refractivity contribution in [2.75, 3.05) is 13.1 Å². The van der Waals surface area contributed by atoms with Crippen molar-refractivity contribution < 1.29 is 9.18 Å². The average molecular weight is 322 g/mol. The SMILES string of the molecule is CCN(CC)C(=O)C(C)Sc1n[nH]c(-c2ccccc2F)n1. The summed E-state index contributed by atoms with van der Waals surface area (Å²) in [7, 11) is 0. The number of aromatic nitrogens is 3. The minimum atomic E-state index is -0.359. The second-order valence-corrected chi connectivity index (χ2v) is 6.03. The number of thioether (sulfide) groups is 1. The van der Waals surface area contributed by atoms with Crippen LogP contribution in [0.5, 0.6) is 0 Å². The number of aromatic amines is 1. The van der Waals surface area contributed by atoms with Crippen LogP contribution in [0.1, 0.15) is 20.8 Å². The van der Waals surface area contributed by atoms with Gasteiger partial charge in [-0.2, -0.15) is 0 Å². The van der Waals surface area contributed by atoms with Gasteiger partial charge in [0.15, 0.2) is 5.82 Å². The monoisotopic (exact) mass is 322 g/mol. The first-order valence-electron chi connectivity index (χ1n) is 7.19. The van der Waals surface area contributed by atoms with Crippen LogP contribution in [0, 0.1) is 5.82 Å². The Balaban J connectivity index is 2.09. The number of hydrogen-bond acceptors (Lipinski definition) is 4. The lowest BCUT2D eigenvalue weighted by atomic mass is 10.2. The third-order valence-corrected chi connectivity index (χ3v) is 4.25. The summed E-state index contributed by atoms with van der Waals surface area (Å²) in [6.45, 7) is 7.07. The van der Waals surface area contributed by atoms with Crippen molar-refractivity contribution in [1.82, 2.24) is 20.1 Å². The van der Waals surface area contributed by atoms with Gasteiger partial charge in [0.2, 0.25) is 11.1 Å². The molecule has 0 aliphatic heterocycles. The topological polar surface area (TPSA) is 61.9 Å². The molecule has 0 saturated heterocycles. The lowest BCUT2D eigenvalue weighted by Gasteiger charge is -2.21. The summed E-state index contributed by atoms with van der Waals surface area (Å²) in [5.41, 5.74) is 0.365. The molecule has 22 heavy (non-hydrogen) atoms. The molecule has 1 atom stereocenters. The number of rotatable bonds is 6. The Morgan fingerprint density at radius 2 is 2.05 bits per heavy atom. The fraction of sp³-hybridized carbons (Fsp3) is 0.400. The summed E-state index contributed by atoms with van der Waals surface area (Å²) in [6, 6.07) is 6.36. The van der Waals surface area contributed by atoms with Crippen LogP contribution in [0.3, 0.4) is 0 Å². The third kappa shape index (κ3) is 3.65. The summed E-state index contributed by atoms with van der Waals surface area (Å²) in [4.78, 5) is 18.2. The van der Waals surface area contributed by atoms with Crippen LogP contribution in [0.15, 0.2) is 29.4 Å². The van der Waals surface area contributed by atoms with Gasteiger partial charge in [-0.15, -0.1) is 5.10 Å². The van der Waals surface area contributed by atoms with Crippen LogP contribution >= 0.6 is 11.8 Å². The molecule has 1 amide bonds. The van der Waals surface area contributed by atoms with Gasteiger partial charge < -0.3 is 4.90 Å². The number of halogens is 1. The number of carbonyl (C=O) groups is 1. The van der Waals surface area contributed by atoms with E-state index in [2.05, 4.69) is 15.2 Å². The van der Waals surface area contributed by atoms with Gasteiger partial charge in [0.05, 0.1) is 10.8 Å². The van der Waals surface area contributed by atoms with Crippen molar-refractivity contribution in [1.29, 1.82) is 0 Å². The molecule has 5 nitrogen and oxygen atoms in total. The Bertz CT molecular complexity index is 642. The van der Waals surface area contributed by atoms with Crippen LogP contribution in [0.4, 0.5) is 4.39 Å². The van der Waals surface area contributed by atoms with Gasteiger partial charge in [0, 0.05) is 13.1 Å². The van der Waals surface area contributed by atoms with Gasteiger partial charge in [-0.05, 0) is 32.9 Å². The number of hydrogen-bond donors (Lipinski definition) is 1. The lowest BCUT2D eigenvalue weighted by Crippen LogP contribution is -2.36. The van der Waals surface area contributed by atoms with Crippen molar-refractivity contribution in [3.63, 3.8) is 0 Å². The van der Waals surface area contributed by atoms with Gasteiger partial charge in [0.1, 0.15) is 5.82 Å². The number of benzene rings is 1. The molecule has 0 aliphatic rings. The minimum Gasteiger partial charge on any atom is -0.342 e. The van der Waals surface area contributed by atoms with Crippen molar-refractivity contribution in [2.24, 2.45) is 0 Å². The van der Waals surface area contributed by atoms with Gasteiger partial charge in [-0.3, -0.25) is 9.89 Å². The zero-order valence-corrected chi connectivity index (χ0v) is 13.7. The molecule has 0 bridgehead atoms. The van der Waals surface area contributed by atoms with E-state index in [0.717, 1.165) is 0 Å². The second-order valence-electron chi connectivity index (χ2n) is 4.72. The average Bonchev–Trinajstić information content (AvgIpc) is 2.97. The number of nitrogens with one attached hydrogen (secondary N) is 1. The molecule has 7 heteroatoms. The quantitative estimate of drug-likeness (QED) is 0.831. The molecule has 1 N–H and O–H groups in total. The van der Waals surface area contributed by atoms with E-state index < -0.39 is 0 Å². The highest BCUT2D eigenvalue weighted by Crippen LogP contribution is 2.24. The highest BCUT2D eigenvalue weighted by atomic mass is 32.2. The fourth-order valence-electron chi connectivity index (χ4n) is 2.07. The van der Waals surface area contributed by atoms with E-state index in [0.29, 0.717) is 29.6 Å². The van der Waals surface area contributed by atoms with Crippen LogP contribution in [0.2, 0.25) is 0 Å². The summed E-state index contributed by atoms with van der Waals surface area (Å²) in [6.07, 6.45) is 0. The minimum absolute atomic E-state index is 0.0484. The van der Waals surface area contributed by atoms with Crippen molar-refractivity contribution in [3.05, 3.63) is 30.1 Å². The maximum absolute atomic E-state index is 13.7. The van der Waals surface area contributed by atoms with Crippen LogP contribution in [-0.4, -0.2) is 44.3 Å². The maximum atomic E-state index is 13.7. The molecule has 0 saturated carbocycles. The van der Waals surface area contributed by atoms with Gasteiger partial charge >= 0.3 is 0 Å². The molecule has 1 heterocycles. The molecular formula is C15H19FN4OS. The van der Waals surface area contributed by atoms with E-state index in [1.54, 1.807) is 23.1 Å². The maximum Gasteiger partial charge on any atom is 0.235 e. The van der Waals surface area contributed by atoms with Crippen molar-refractivity contribution in [2.45, 2.75) is 31.2 Å². The largest absolute Gasteiger partial charge is 0.342 e. The highest BCUT2D eigenvalue weighted by molar-refractivity contribution is 8.00. The Labute approximate surface area is 133 Å². The molecule has 1 unspecified atom stereocenters. The van der Waals surface area contributed by atoms with E-state index in [1.165, 1.54) is 17.8 Å². The van der Waals surface area contributed by atoms with Crippen molar-refractivity contribution >= 4 is 17.7 Å². The molecule has 2 aromatic rings. The predicted octanol–water partition coefficient (Wildman–Crippen LogP) is 2.96. The first-order chi connectivity index (χ1) is 10.6. The van der Waals surface area contributed by atoms with Crippen LogP contribution in [-0.2, 0) is 4.79 Å². The first kappa shape index (κ1) is 16.5. The fourth-order valence-corrected chi connectivity index (χ4v) is 2.88. The summed E-state index contributed by atoms with van der Waals surface area (Å²) < 4.78 is 13.7. The van der Waals surface area contributed by atoms with E-state index >= 15 is 0 Å². The summed E-state index contributed by atoms with van der Waals surface area (Å²) in [5.74, 6) is 0.0535. The second kappa shape index (κ2) is 7.40. The number of amides is 1. The zero-order valence-electron chi connectivity index (χ0n) is 12.8. The molecule has 1 aromatic heterocycles. The normalized spacial score (nSPS) is 12.2. The smallest absolute Gasteiger partial charge is 0.235 e. The summed E-state index contributed by atoms with van der Waals surface area (Å²) >= 11 is 1.26. The first-order valence-corrected chi connectivity index (χ1v) is 8.07. The predicted molar refractivity (Wildman–Crippen MR) is 85.0 cm³/mol. The molecule has 118 valence electrons.